The predicted octanol–water partition coefficient (Wildman–Crippen LogP) is 1.92. The Labute approximate surface area is 122 Å². The Morgan fingerprint density at radius 3 is 2.71 bits per heavy atom. The standard InChI is InChI=1S/C15H18FNO4/c1-2-15(14(19)20)7-8-17(10-15)13(18)9-21-12-6-4-3-5-11(12)16/h3-6H,2,7-10H2,1H3,(H,19,20). The van der Waals surface area contributed by atoms with E-state index < -0.39 is 17.2 Å². The van der Waals surface area contributed by atoms with Gasteiger partial charge in [-0.3, -0.25) is 9.59 Å². The van der Waals surface area contributed by atoms with Crippen LogP contribution in [0.25, 0.3) is 0 Å². The maximum Gasteiger partial charge on any atom is 0.311 e. The molecule has 1 aromatic carbocycles. The number of para-hydroxylation sites is 1. The average Bonchev–Trinajstić information content (AvgIpc) is 2.92. The number of rotatable bonds is 5. The van der Waals surface area contributed by atoms with Crippen molar-refractivity contribution in [2.45, 2.75) is 19.8 Å². The van der Waals surface area contributed by atoms with Gasteiger partial charge in [-0.15, -0.1) is 0 Å². The topological polar surface area (TPSA) is 66.8 Å². The first-order valence-electron chi connectivity index (χ1n) is 6.87. The van der Waals surface area contributed by atoms with Crippen molar-refractivity contribution in [2.75, 3.05) is 19.7 Å². The molecule has 1 N–H and O–H groups in total. The molecule has 1 amide bonds. The van der Waals surface area contributed by atoms with Gasteiger partial charge in [-0.1, -0.05) is 19.1 Å². The summed E-state index contributed by atoms with van der Waals surface area (Å²) in [5.41, 5.74) is -0.867. The predicted molar refractivity (Wildman–Crippen MR) is 73.5 cm³/mol. The smallest absolute Gasteiger partial charge is 0.311 e. The highest BCUT2D eigenvalue weighted by atomic mass is 19.1. The van der Waals surface area contributed by atoms with E-state index in [9.17, 15) is 19.1 Å². The third kappa shape index (κ3) is 3.15. The van der Waals surface area contributed by atoms with Gasteiger partial charge in [0, 0.05) is 13.1 Å². The van der Waals surface area contributed by atoms with Crippen molar-refractivity contribution in [3.8, 4) is 5.75 Å². The summed E-state index contributed by atoms with van der Waals surface area (Å²) in [6, 6.07) is 5.85. The zero-order valence-corrected chi connectivity index (χ0v) is 11.8. The molecule has 0 spiro atoms. The lowest BCUT2D eigenvalue weighted by atomic mass is 9.84. The molecule has 1 heterocycles. The molecule has 1 aliphatic heterocycles. The van der Waals surface area contributed by atoms with Gasteiger partial charge in [-0.05, 0) is 25.0 Å². The minimum absolute atomic E-state index is 0.0186. The van der Waals surface area contributed by atoms with Crippen molar-refractivity contribution in [2.24, 2.45) is 5.41 Å². The highest BCUT2D eigenvalue weighted by Crippen LogP contribution is 2.34. The molecular weight excluding hydrogens is 277 g/mol. The van der Waals surface area contributed by atoms with Gasteiger partial charge in [0.25, 0.3) is 5.91 Å². The van der Waals surface area contributed by atoms with Crippen molar-refractivity contribution in [3.05, 3.63) is 30.1 Å². The molecule has 6 heteroatoms. The Kier molecular flexibility index (Phi) is 4.45. The molecule has 0 radical (unpaired) electrons. The van der Waals surface area contributed by atoms with Crippen molar-refractivity contribution in [1.82, 2.24) is 4.90 Å². The van der Waals surface area contributed by atoms with Crippen LogP contribution in [-0.2, 0) is 9.59 Å². The van der Waals surface area contributed by atoms with Gasteiger partial charge < -0.3 is 14.7 Å². The summed E-state index contributed by atoms with van der Waals surface area (Å²) in [4.78, 5) is 24.8. The minimum atomic E-state index is -0.879. The second-order valence-electron chi connectivity index (χ2n) is 5.22. The first-order chi connectivity index (χ1) is 9.98. The number of likely N-dealkylation sites (tertiary alicyclic amines) is 1. The zero-order chi connectivity index (χ0) is 15.5. The summed E-state index contributed by atoms with van der Waals surface area (Å²) in [5.74, 6) is -1.71. The number of benzene rings is 1. The third-order valence-electron chi connectivity index (χ3n) is 4.02. The molecule has 1 unspecified atom stereocenters. The normalized spacial score (nSPS) is 21.3. The van der Waals surface area contributed by atoms with Crippen LogP contribution in [-0.4, -0.2) is 41.6 Å². The van der Waals surface area contributed by atoms with Crippen molar-refractivity contribution < 1.29 is 23.8 Å². The van der Waals surface area contributed by atoms with Crippen LogP contribution in [0.3, 0.4) is 0 Å². The summed E-state index contributed by atoms with van der Waals surface area (Å²) < 4.78 is 18.5. The van der Waals surface area contributed by atoms with Crippen molar-refractivity contribution in [1.29, 1.82) is 0 Å². The van der Waals surface area contributed by atoms with E-state index in [0.29, 0.717) is 19.4 Å². The second-order valence-corrected chi connectivity index (χ2v) is 5.22. The largest absolute Gasteiger partial charge is 0.481 e. The molecule has 1 saturated heterocycles. The van der Waals surface area contributed by atoms with E-state index in [1.54, 1.807) is 13.0 Å². The van der Waals surface area contributed by atoms with Gasteiger partial charge >= 0.3 is 5.97 Å². The highest BCUT2D eigenvalue weighted by molar-refractivity contribution is 5.81. The molecule has 1 atom stereocenters. The van der Waals surface area contributed by atoms with E-state index in [0.717, 1.165) is 0 Å². The highest BCUT2D eigenvalue weighted by Gasteiger charge is 2.44. The van der Waals surface area contributed by atoms with Gasteiger partial charge in [0.1, 0.15) is 0 Å². The molecule has 0 saturated carbocycles. The van der Waals surface area contributed by atoms with Gasteiger partial charge in [-0.2, -0.15) is 0 Å². The monoisotopic (exact) mass is 295 g/mol. The first kappa shape index (κ1) is 15.3. The average molecular weight is 295 g/mol. The Morgan fingerprint density at radius 1 is 1.43 bits per heavy atom. The number of carboxylic acids is 1. The van der Waals surface area contributed by atoms with Crippen LogP contribution in [0.15, 0.2) is 24.3 Å². The molecule has 0 bridgehead atoms. The molecule has 114 valence electrons. The molecular formula is C15H18FNO4. The fourth-order valence-electron chi connectivity index (χ4n) is 2.49. The number of halogens is 1. The van der Waals surface area contributed by atoms with Crippen molar-refractivity contribution in [3.63, 3.8) is 0 Å². The van der Waals surface area contributed by atoms with Crippen molar-refractivity contribution >= 4 is 11.9 Å². The zero-order valence-electron chi connectivity index (χ0n) is 11.8. The molecule has 21 heavy (non-hydrogen) atoms. The van der Waals surface area contributed by atoms with Gasteiger partial charge in [-0.25, -0.2) is 4.39 Å². The number of hydrogen-bond acceptors (Lipinski definition) is 3. The summed E-state index contributed by atoms with van der Waals surface area (Å²) in [6.07, 6.45) is 0.907. The van der Waals surface area contributed by atoms with E-state index in [4.69, 9.17) is 4.74 Å². The maximum atomic E-state index is 13.4. The van der Waals surface area contributed by atoms with Gasteiger partial charge in [0.05, 0.1) is 5.41 Å². The molecule has 5 nitrogen and oxygen atoms in total. The Bertz CT molecular complexity index is 548. The van der Waals surface area contributed by atoms with Crippen LogP contribution >= 0.6 is 0 Å². The van der Waals surface area contributed by atoms with Crippen LogP contribution in [0, 0.1) is 11.2 Å². The number of carbonyl (C=O) groups is 2. The van der Waals surface area contributed by atoms with Crippen LogP contribution in [0.5, 0.6) is 5.75 Å². The number of nitrogens with zero attached hydrogens (tertiary/aromatic N) is 1. The summed E-state index contributed by atoms with van der Waals surface area (Å²) in [5, 5.41) is 9.29. The van der Waals surface area contributed by atoms with E-state index in [1.807, 2.05) is 0 Å². The van der Waals surface area contributed by atoms with Crippen LogP contribution < -0.4 is 4.74 Å². The van der Waals surface area contributed by atoms with Gasteiger partial charge in [0.2, 0.25) is 0 Å². The second kappa shape index (κ2) is 6.11. The Balaban J connectivity index is 1.94. The van der Waals surface area contributed by atoms with Crippen LogP contribution in [0.2, 0.25) is 0 Å². The molecule has 0 aromatic heterocycles. The first-order valence-corrected chi connectivity index (χ1v) is 6.87. The van der Waals surface area contributed by atoms with Crippen LogP contribution in [0.4, 0.5) is 4.39 Å². The summed E-state index contributed by atoms with van der Waals surface area (Å²) >= 11 is 0. The summed E-state index contributed by atoms with van der Waals surface area (Å²) in [6.45, 7) is 2.08. The molecule has 1 fully saturated rings. The lowest BCUT2D eigenvalue weighted by molar-refractivity contribution is -0.148. The molecule has 1 aliphatic rings. The quantitative estimate of drug-likeness (QED) is 0.901. The Morgan fingerprint density at radius 2 is 2.14 bits per heavy atom. The SMILES string of the molecule is CCC1(C(=O)O)CCN(C(=O)COc2ccccc2F)C1. The molecule has 1 aromatic rings. The number of hydrogen-bond donors (Lipinski definition) is 1. The van der Waals surface area contributed by atoms with E-state index >= 15 is 0 Å². The van der Waals surface area contributed by atoms with E-state index in [-0.39, 0.29) is 24.8 Å². The fraction of sp³-hybridized carbons (Fsp3) is 0.467. The number of aliphatic carboxylic acids is 1. The molecule has 2 rings (SSSR count). The number of carbonyl (C=O) groups excluding carboxylic acids is 1. The lowest BCUT2D eigenvalue weighted by Crippen LogP contribution is -2.38. The van der Waals surface area contributed by atoms with Crippen LogP contribution in [0.1, 0.15) is 19.8 Å². The third-order valence-corrected chi connectivity index (χ3v) is 4.02. The fourth-order valence-corrected chi connectivity index (χ4v) is 2.49. The number of amides is 1. The maximum absolute atomic E-state index is 13.4. The van der Waals surface area contributed by atoms with E-state index in [2.05, 4.69) is 0 Å². The van der Waals surface area contributed by atoms with E-state index in [1.165, 1.54) is 23.1 Å². The number of ether oxygens (including phenoxy) is 1. The lowest BCUT2D eigenvalue weighted by Gasteiger charge is -2.23. The minimum Gasteiger partial charge on any atom is -0.481 e. The van der Waals surface area contributed by atoms with Gasteiger partial charge in [0.15, 0.2) is 18.2 Å². The Hall–Kier alpha value is -2.11. The number of carboxylic acid groups (broad SMARTS) is 1. The summed E-state index contributed by atoms with van der Waals surface area (Å²) in [7, 11) is 0. The molecule has 0 aliphatic carbocycles.